The molecule has 110 valence electrons. The number of anilines is 1. The Morgan fingerprint density at radius 1 is 1.52 bits per heavy atom. The van der Waals surface area contributed by atoms with Gasteiger partial charge in [-0.05, 0) is 12.1 Å². The van der Waals surface area contributed by atoms with Gasteiger partial charge in [-0.15, -0.1) is 0 Å². The summed E-state index contributed by atoms with van der Waals surface area (Å²) >= 11 is 1.35. The molecule has 0 saturated carbocycles. The number of furan rings is 1. The van der Waals surface area contributed by atoms with Crippen molar-refractivity contribution in [3.05, 3.63) is 34.7 Å². The Bertz CT molecular complexity index is 665. The number of hydrogen-bond acceptors (Lipinski definition) is 6. The molecule has 0 atom stereocenters. The fraction of sp³-hybridized carbons (Fsp3) is 0.308. The van der Waals surface area contributed by atoms with Crippen LogP contribution in [0.3, 0.4) is 0 Å². The lowest BCUT2D eigenvalue weighted by atomic mass is 10.1. The molecule has 2 amide bonds. The largest absolute Gasteiger partial charge is 0.459 e. The summed E-state index contributed by atoms with van der Waals surface area (Å²) in [5, 5.41) is 3.03. The highest BCUT2D eigenvalue weighted by molar-refractivity contribution is 7.15. The molecule has 0 bridgehead atoms. The van der Waals surface area contributed by atoms with Crippen molar-refractivity contribution in [3.63, 3.8) is 0 Å². The fourth-order valence-electron chi connectivity index (χ4n) is 2.12. The monoisotopic (exact) mass is 307 g/mol. The van der Waals surface area contributed by atoms with Gasteiger partial charge in [-0.2, -0.15) is 0 Å². The number of thiazole rings is 1. The summed E-state index contributed by atoms with van der Waals surface area (Å²) in [6.45, 7) is 1.04. The molecule has 1 N–H and O–H groups in total. The Labute approximate surface area is 124 Å². The Morgan fingerprint density at radius 2 is 2.38 bits per heavy atom. The van der Waals surface area contributed by atoms with Crippen LogP contribution in [0.1, 0.15) is 21.1 Å². The van der Waals surface area contributed by atoms with E-state index >= 15 is 0 Å². The summed E-state index contributed by atoms with van der Waals surface area (Å²) in [5.41, 5.74) is 0.912. The van der Waals surface area contributed by atoms with Crippen LogP contribution in [0.5, 0.6) is 0 Å². The number of nitrogens with zero attached hydrogens (tertiary/aromatic N) is 2. The van der Waals surface area contributed by atoms with Gasteiger partial charge in [0, 0.05) is 17.8 Å². The lowest BCUT2D eigenvalue weighted by Crippen LogP contribution is -2.35. The van der Waals surface area contributed by atoms with Crippen molar-refractivity contribution in [2.24, 2.45) is 0 Å². The van der Waals surface area contributed by atoms with Gasteiger partial charge >= 0.3 is 6.09 Å². The molecule has 0 fully saturated rings. The zero-order chi connectivity index (χ0) is 14.8. The van der Waals surface area contributed by atoms with Crippen LogP contribution in [0.2, 0.25) is 0 Å². The molecule has 8 heteroatoms. The van der Waals surface area contributed by atoms with E-state index in [9.17, 15) is 9.59 Å². The summed E-state index contributed by atoms with van der Waals surface area (Å²) in [7, 11) is 1.30. The highest BCUT2D eigenvalue weighted by Crippen LogP contribution is 2.29. The van der Waals surface area contributed by atoms with Crippen molar-refractivity contribution in [2.45, 2.75) is 13.0 Å². The predicted molar refractivity (Wildman–Crippen MR) is 75.3 cm³/mol. The summed E-state index contributed by atoms with van der Waals surface area (Å²) in [6, 6.07) is 3.34. The number of amides is 2. The van der Waals surface area contributed by atoms with Crippen LogP contribution in [-0.4, -0.2) is 35.5 Å². The molecular weight excluding hydrogens is 294 g/mol. The van der Waals surface area contributed by atoms with Crippen LogP contribution < -0.4 is 5.32 Å². The molecule has 1 aliphatic rings. The minimum absolute atomic E-state index is 0.137. The van der Waals surface area contributed by atoms with E-state index in [1.165, 1.54) is 24.7 Å². The van der Waals surface area contributed by atoms with Gasteiger partial charge < -0.3 is 14.1 Å². The third-order valence-corrected chi connectivity index (χ3v) is 4.14. The maximum atomic E-state index is 12.2. The van der Waals surface area contributed by atoms with Gasteiger partial charge in [-0.25, -0.2) is 9.78 Å². The number of nitrogens with one attached hydrogen (secondary N) is 1. The first-order valence-corrected chi connectivity index (χ1v) is 7.15. The molecule has 2 aromatic rings. The maximum Gasteiger partial charge on any atom is 0.413 e. The Kier molecular flexibility index (Phi) is 3.61. The minimum Gasteiger partial charge on any atom is -0.459 e. The lowest BCUT2D eigenvalue weighted by molar-refractivity contribution is 0.0704. The second-order valence-electron chi connectivity index (χ2n) is 4.46. The second-order valence-corrected chi connectivity index (χ2v) is 5.54. The molecule has 3 rings (SSSR count). The number of rotatable bonds is 2. The molecule has 3 heterocycles. The van der Waals surface area contributed by atoms with E-state index in [2.05, 4.69) is 15.0 Å². The van der Waals surface area contributed by atoms with Gasteiger partial charge in [-0.1, -0.05) is 11.3 Å². The van der Waals surface area contributed by atoms with Crippen LogP contribution in [-0.2, 0) is 17.7 Å². The van der Waals surface area contributed by atoms with Crippen molar-refractivity contribution in [3.8, 4) is 0 Å². The molecule has 0 saturated heterocycles. The molecule has 21 heavy (non-hydrogen) atoms. The molecule has 0 spiro atoms. The number of methoxy groups -OCH3 is 1. The van der Waals surface area contributed by atoms with E-state index in [1.807, 2.05) is 0 Å². The van der Waals surface area contributed by atoms with Crippen molar-refractivity contribution >= 4 is 28.5 Å². The van der Waals surface area contributed by atoms with Gasteiger partial charge in [0.1, 0.15) is 0 Å². The van der Waals surface area contributed by atoms with Crippen LogP contribution in [0.25, 0.3) is 0 Å². The van der Waals surface area contributed by atoms with Crippen molar-refractivity contribution in [1.82, 2.24) is 9.88 Å². The van der Waals surface area contributed by atoms with Crippen molar-refractivity contribution in [2.75, 3.05) is 19.0 Å². The van der Waals surface area contributed by atoms with E-state index in [4.69, 9.17) is 4.42 Å². The Hall–Kier alpha value is -2.35. The normalized spacial score (nSPS) is 13.7. The summed E-state index contributed by atoms with van der Waals surface area (Å²) in [5.74, 6) is 0.192. The van der Waals surface area contributed by atoms with Crippen LogP contribution in [0.4, 0.5) is 9.93 Å². The van der Waals surface area contributed by atoms with E-state index in [0.29, 0.717) is 30.4 Å². The van der Waals surface area contributed by atoms with Crippen molar-refractivity contribution < 1.29 is 18.7 Å². The molecule has 0 radical (unpaired) electrons. The Balaban J connectivity index is 1.73. The van der Waals surface area contributed by atoms with Gasteiger partial charge in [0.25, 0.3) is 5.91 Å². The molecule has 1 aliphatic heterocycles. The van der Waals surface area contributed by atoms with Crippen LogP contribution in [0.15, 0.2) is 22.8 Å². The minimum atomic E-state index is -0.551. The number of hydrogen-bond donors (Lipinski definition) is 1. The van der Waals surface area contributed by atoms with Crippen LogP contribution >= 0.6 is 11.3 Å². The fourth-order valence-corrected chi connectivity index (χ4v) is 3.13. The maximum absolute atomic E-state index is 12.2. The molecule has 2 aromatic heterocycles. The lowest BCUT2D eigenvalue weighted by Gasteiger charge is -2.25. The van der Waals surface area contributed by atoms with E-state index in [-0.39, 0.29) is 5.91 Å². The first-order valence-electron chi connectivity index (χ1n) is 6.33. The van der Waals surface area contributed by atoms with E-state index < -0.39 is 6.09 Å². The number of ether oxygens (including phenoxy) is 1. The van der Waals surface area contributed by atoms with Crippen LogP contribution in [0, 0.1) is 0 Å². The highest BCUT2D eigenvalue weighted by Gasteiger charge is 2.26. The van der Waals surface area contributed by atoms with Gasteiger partial charge in [-0.3, -0.25) is 10.1 Å². The quantitative estimate of drug-likeness (QED) is 0.918. The topological polar surface area (TPSA) is 84.7 Å². The van der Waals surface area contributed by atoms with Gasteiger partial charge in [0.15, 0.2) is 10.9 Å². The molecule has 0 aromatic carbocycles. The average molecular weight is 307 g/mol. The second kappa shape index (κ2) is 5.57. The van der Waals surface area contributed by atoms with Gasteiger partial charge in [0.2, 0.25) is 0 Å². The number of aromatic nitrogens is 1. The first-order chi connectivity index (χ1) is 10.2. The predicted octanol–water partition coefficient (Wildman–Crippen LogP) is 2.11. The zero-order valence-electron chi connectivity index (χ0n) is 11.3. The SMILES string of the molecule is COC(=O)Nc1nc2c(s1)CN(C(=O)c1ccco1)CC2. The Morgan fingerprint density at radius 3 is 3.10 bits per heavy atom. The summed E-state index contributed by atoms with van der Waals surface area (Å²) in [6.07, 6.45) is 1.58. The third-order valence-electron chi connectivity index (χ3n) is 3.14. The summed E-state index contributed by atoms with van der Waals surface area (Å²) < 4.78 is 9.67. The standard InChI is InChI=1S/C13H13N3O4S/c1-19-13(18)15-12-14-8-4-5-16(7-10(8)21-12)11(17)9-3-2-6-20-9/h2-3,6H,4-5,7H2,1H3,(H,14,15,18). The summed E-state index contributed by atoms with van der Waals surface area (Å²) in [4.78, 5) is 30.4. The van der Waals surface area contributed by atoms with E-state index in [1.54, 1.807) is 17.0 Å². The van der Waals surface area contributed by atoms with Gasteiger partial charge in [0.05, 0.1) is 25.6 Å². The zero-order valence-corrected chi connectivity index (χ0v) is 12.1. The molecule has 0 aliphatic carbocycles. The third kappa shape index (κ3) is 2.75. The number of carbonyl (C=O) groups is 2. The smallest absolute Gasteiger partial charge is 0.413 e. The average Bonchev–Trinajstić information content (AvgIpc) is 3.14. The highest BCUT2D eigenvalue weighted by atomic mass is 32.1. The van der Waals surface area contributed by atoms with E-state index in [0.717, 1.165) is 10.6 Å². The molecule has 0 unspecified atom stereocenters. The number of carbonyl (C=O) groups excluding carboxylic acids is 2. The molecule has 7 nitrogen and oxygen atoms in total. The number of fused-ring (bicyclic) bond motifs is 1. The first kappa shape index (κ1) is 13.6. The molecular formula is C13H13N3O4S. The van der Waals surface area contributed by atoms with Crippen molar-refractivity contribution in [1.29, 1.82) is 0 Å².